The molecule has 0 unspecified atom stereocenters. The topological polar surface area (TPSA) is 54.0 Å². The maximum absolute atomic E-state index is 13.1. The van der Waals surface area contributed by atoms with E-state index in [1.165, 1.54) is 14.2 Å². The number of rotatable bonds is 10. The summed E-state index contributed by atoms with van der Waals surface area (Å²) in [5, 5.41) is 5.39. The average Bonchev–Trinajstić information content (AvgIpc) is 3.21. The molecular formula is C20H28ClN3O3S. The van der Waals surface area contributed by atoms with Gasteiger partial charge in [0.05, 0.1) is 31.5 Å². The molecule has 0 aliphatic heterocycles. The van der Waals surface area contributed by atoms with E-state index in [1.54, 1.807) is 23.5 Å². The third-order valence-electron chi connectivity index (χ3n) is 4.51. The molecule has 8 heteroatoms. The Kier molecular flexibility index (Phi) is 8.89. The number of likely N-dealkylation sites (N-methyl/N-ethyl adjacent to an activating group) is 1. The summed E-state index contributed by atoms with van der Waals surface area (Å²) in [6.45, 7) is 8.14. The van der Waals surface area contributed by atoms with Crippen molar-refractivity contribution in [3.63, 3.8) is 0 Å². The van der Waals surface area contributed by atoms with Crippen LogP contribution in [-0.4, -0.2) is 56.2 Å². The second-order valence-corrected chi connectivity index (χ2v) is 7.58. The SMILES string of the molecule is CCN(CC)CCN(Cc1cccs1)C(=O)Nc1cc(OC)c(Cl)cc1OC. The highest BCUT2D eigenvalue weighted by molar-refractivity contribution is 7.09. The molecule has 28 heavy (non-hydrogen) atoms. The summed E-state index contributed by atoms with van der Waals surface area (Å²) in [6.07, 6.45) is 0. The predicted molar refractivity (Wildman–Crippen MR) is 116 cm³/mol. The highest BCUT2D eigenvalue weighted by Gasteiger charge is 2.19. The van der Waals surface area contributed by atoms with Crippen LogP contribution in [0.25, 0.3) is 0 Å². The molecule has 1 heterocycles. The van der Waals surface area contributed by atoms with Crippen LogP contribution in [0.2, 0.25) is 5.02 Å². The number of anilines is 1. The minimum Gasteiger partial charge on any atom is -0.495 e. The molecule has 0 aliphatic rings. The van der Waals surface area contributed by atoms with Crippen LogP contribution < -0.4 is 14.8 Å². The van der Waals surface area contributed by atoms with E-state index in [1.807, 2.05) is 22.4 Å². The third kappa shape index (κ3) is 6.02. The average molecular weight is 426 g/mol. The molecule has 2 rings (SSSR count). The lowest BCUT2D eigenvalue weighted by Crippen LogP contribution is -2.40. The summed E-state index contributed by atoms with van der Waals surface area (Å²) in [4.78, 5) is 18.3. The van der Waals surface area contributed by atoms with Gasteiger partial charge in [0.25, 0.3) is 0 Å². The molecule has 0 saturated heterocycles. The maximum atomic E-state index is 13.1. The minimum absolute atomic E-state index is 0.191. The van der Waals surface area contributed by atoms with Crippen LogP contribution in [0, 0.1) is 0 Å². The molecule has 0 bridgehead atoms. The number of benzene rings is 1. The summed E-state index contributed by atoms with van der Waals surface area (Å²) in [5.41, 5.74) is 0.521. The molecule has 0 spiro atoms. The number of amides is 2. The quantitative estimate of drug-likeness (QED) is 0.594. The summed E-state index contributed by atoms with van der Waals surface area (Å²) in [6, 6.07) is 7.15. The molecule has 1 aromatic carbocycles. The fourth-order valence-electron chi connectivity index (χ4n) is 2.80. The van der Waals surface area contributed by atoms with Crippen molar-refractivity contribution in [2.75, 3.05) is 45.7 Å². The Morgan fingerprint density at radius 3 is 2.43 bits per heavy atom. The second kappa shape index (κ2) is 11.1. The number of carbonyl (C=O) groups is 1. The Morgan fingerprint density at radius 1 is 1.14 bits per heavy atom. The maximum Gasteiger partial charge on any atom is 0.322 e. The van der Waals surface area contributed by atoms with E-state index in [9.17, 15) is 4.79 Å². The highest BCUT2D eigenvalue weighted by Crippen LogP contribution is 2.36. The number of thiophene rings is 1. The van der Waals surface area contributed by atoms with Gasteiger partial charge in [-0.3, -0.25) is 0 Å². The lowest BCUT2D eigenvalue weighted by atomic mass is 10.2. The Balaban J connectivity index is 2.19. The first kappa shape index (κ1) is 22.3. The minimum atomic E-state index is -0.191. The van der Waals surface area contributed by atoms with Crippen molar-refractivity contribution in [2.24, 2.45) is 0 Å². The number of hydrogen-bond acceptors (Lipinski definition) is 5. The Bertz CT molecular complexity index is 751. The summed E-state index contributed by atoms with van der Waals surface area (Å²) < 4.78 is 10.6. The Labute approximate surface area is 176 Å². The third-order valence-corrected chi connectivity index (χ3v) is 5.67. The molecule has 0 fully saturated rings. The molecule has 154 valence electrons. The lowest BCUT2D eigenvalue weighted by molar-refractivity contribution is 0.194. The van der Waals surface area contributed by atoms with E-state index >= 15 is 0 Å². The van der Waals surface area contributed by atoms with Gasteiger partial charge < -0.3 is 24.6 Å². The monoisotopic (exact) mass is 425 g/mol. The Hall–Kier alpha value is -1.96. The summed E-state index contributed by atoms with van der Waals surface area (Å²) >= 11 is 7.80. The van der Waals surface area contributed by atoms with E-state index < -0.39 is 0 Å². The number of methoxy groups -OCH3 is 2. The highest BCUT2D eigenvalue weighted by atomic mass is 35.5. The molecule has 2 amide bonds. The van der Waals surface area contributed by atoms with Crippen molar-refractivity contribution >= 4 is 34.7 Å². The molecule has 0 atom stereocenters. The number of urea groups is 1. The van der Waals surface area contributed by atoms with Crippen LogP contribution in [0.4, 0.5) is 10.5 Å². The number of carbonyl (C=O) groups excluding carboxylic acids is 1. The zero-order valence-corrected chi connectivity index (χ0v) is 18.4. The lowest BCUT2D eigenvalue weighted by Gasteiger charge is -2.27. The first-order valence-electron chi connectivity index (χ1n) is 9.24. The van der Waals surface area contributed by atoms with Gasteiger partial charge >= 0.3 is 6.03 Å². The number of nitrogens with zero attached hydrogens (tertiary/aromatic N) is 2. The fourth-order valence-corrected chi connectivity index (χ4v) is 3.75. The van der Waals surface area contributed by atoms with Crippen molar-refractivity contribution in [3.05, 3.63) is 39.5 Å². The molecule has 1 N–H and O–H groups in total. The molecule has 6 nitrogen and oxygen atoms in total. The van der Waals surface area contributed by atoms with Crippen molar-refractivity contribution in [1.82, 2.24) is 9.80 Å². The molecule has 0 aliphatic carbocycles. The summed E-state index contributed by atoms with van der Waals surface area (Å²) in [5.74, 6) is 0.963. The van der Waals surface area contributed by atoms with Crippen LogP contribution in [0.3, 0.4) is 0 Å². The Morgan fingerprint density at radius 2 is 1.86 bits per heavy atom. The molecular weight excluding hydrogens is 398 g/mol. The molecule has 1 aromatic heterocycles. The second-order valence-electron chi connectivity index (χ2n) is 6.14. The van der Waals surface area contributed by atoms with Gasteiger partial charge in [0.2, 0.25) is 0 Å². The van der Waals surface area contributed by atoms with E-state index in [0.717, 1.165) is 24.5 Å². The molecule has 0 radical (unpaired) electrons. The van der Waals surface area contributed by atoms with Crippen molar-refractivity contribution in [3.8, 4) is 11.5 Å². The van der Waals surface area contributed by atoms with E-state index in [4.69, 9.17) is 21.1 Å². The van der Waals surface area contributed by atoms with Gasteiger partial charge in [-0.1, -0.05) is 31.5 Å². The van der Waals surface area contributed by atoms with Gasteiger partial charge in [0, 0.05) is 30.1 Å². The number of hydrogen-bond donors (Lipinski definition) is 1. The zero-order chi connectivity index (χ0) is 20.5. The van der Waals surface area contributed by atoms with Gasteiger partial charge in [0.15, 0.2) is 0 Å². The van der Waals surface area contributed by atoms with E-state index in [0.29, 0.717) is 35.3 Å². The predicted octanol–water partition coefficient (Wildman–Crippen LogP) is 4.79. The zero-order valence-electron chi connectivity index (χ0n) is 16.8. The van der Waals surface area contributed by atoms with Gasteiger partial charge in [-0.05, 0) is 24.5 Å². The van der Waals surface area contributed by atoms with Crippen molar-refractivity contribution in [1.29, 1.82) is 0 Å². The first-order chi connectivity index (χ1) is 13.5. The fraction of sp³-hybridized carbons (Fsp3) is 0.450. The van der Waals surface area contributed by atoms with E-state index in [2.05, 4.69) is 24.1 Å². The van der Waals surface area contributed by atoms with Crippen molar-refractivity contribution < 1.29 is 14.3 Å². The van der Waals surface area contributed by atoms with Crippen LogP contribution in [0.5, 0.6) is 11.5 Å². The van der Waals surface area contributed by atoms with Gasteiger partial charge in [-0.2, -0.15) is 0 Å². The molecule has 2 aromatic rings. The standard InChI is InChI=1S/C20H28ClN3O3S/c1-5-23(6-2)9-10-24(14-15-8-7-11-28-15)20(25)22-17-13-18(26-3)16(21)12-19(17)27-4/h7-8,11-13H,5-6,9-10,14H2,1-4H3,(H,22,25). The smallest absolute Gasteiger partial charge is 0.322 e. The first-order valence-corrected chi connectivity index (χ1v) is 10.5. The molecule has 0 saturated carbocycles. The summed E-state index contributed by atoms with van der Waals surface area (Å²) in [7, 11) is 3.07. The number of halogens is 1. The van der Waals surface area contributed by atoms with Crippen LogP contribution >= 0.6 is 22.9 Å². The number of ether oxygens (including phenoxy) is 2. The van der Waals surface area contributed by atoms with Crippen LogP contribution in [0.1, 0.15) is 18.7 Å². The van der Waals surface area contributed by atoms with Crippen molar-refractivity contribution in [2.45, 2.75) is 20.4 Å². The normalized spacial score (nSPS) is 10.8. The van der Waals surface area contributed by atoms with E-state index in [-0.39, 0.29) is 6.03 Å². The van der Waals surface area contributed by atoms with Crippen LogP contribution in [0.15, 0.2) is 29.6 Å². The van der Waals surface area contributed by atoms with Gasteiger partial charge in [0.1, 0.15) is 11.5 Å². The largest absolute Gasteiger partial charge is 0.495 e. The number of nitrogens with one attached hydrogen (secondary N) is 1. The van der Waals surface area contributed by atoms with Gasteiger partial charge in [-0.15, -0.1) is 11.3 Å². The van der Waals surface area contributed by atoms with Gasteiger partial charge in [-0.25, -0.2) is 4.79 Å². The van der Waals surface area contributed by atoms with Crippen LogP contribution in [-0.2, 0) is 6.54 Å².